The zero-order valence-electron chi connectivity index (χ0n) is 23.8. The minimum Gasteiger partial charge on any atom is -0.490 e. The summed E-state index contributed by atoms with van der Waals surface area (Å²) in [6.45, 7) is 8.35. The van der Waals surface area contributed by atoms with Crippen molar-refractivity contribution in [3.05, 3.63) is 52.2 Å². The van der Waals surface area contributed by atoms with E-state index in [0.29, 0.717) is 63.3 Å². The van der Waals surface area contributed by atoms with Crippen molar-refractivity contribution in [3.63, 3.8) is 0 Å². The number of nitro groups is 1. The van der Waals surface area contributed by atoms with E-state index in [1.54, 1.807) is 23.0 Å². The summed E-state index contributed by atoms with van der Waals surface area (Å²) in [6, 6.07) is 6.77. The summed E-state index contributed by atoms with van der Waals surface area (Å²) in [5.74, 6) is 1.48. The molecule has 1 aromatic heterocycles. The number of hydrogen-bond donors (Lipinski definition) is 1. The number of carbonyl (C=O) groups is 1. The summed E-state index contributed by atoms with van der Waals surface area (Å²) in [7, 11) is 1.72. The van der Waals surface area contributed by atoms with Gasteiger partial charge in [0.1, 0.15) is 17.1 Å². The highest BCUT2D eigenvalue weighted by molar-refractivity contribution is 5.75. The van der Waals surface area contributed by atoms with Gasteiger partial charge in [0.15, 0.2) is 0 Å². The Balaban J connectivity index is 1.31. The molecule has 0 bridgehead atoms. The number of ether oxygens (including phenoxy) is 1. The zero-order valence-corrected chi connectivity index (χ0v) is 23.8. The Labute approximate surface area is 237 Å². The van der Waals surface area contributed by atoms with Gasteiger partial charge in [0.05, 0.1) is 11.0 Å². The van der Waals surface area contributed by atoms with E-state index in [0.717, 1.165) is 18.0 Å². The number of rotatable bonds is 6. The summed E-state index contributed by atoms with van der Waals surface area (Å²) in [4.78, 5) is 32.7. The van der Waals surface area contributed by atoms with Crippen molar-refractivity contribution in [3.8, 4) is 5.75 Å². The molecule has 1 saturated heterocycles. The number of nitrogens with zero attached hydrogens (tertiary/aromatic N) is 5. The zero-order chi connectivity index (χ0) is 29.9. The van der Waals surface area contributed by atoms with Gasteiger partial charge in [-0.1, -0.05) is 0 Å². The fourth-order valence-electron chi connectivity index (χ4n) is 5.27. The summed E-state index contributed by atoms with van der Waals surface area (Å²) in [5, 5.41) is 14.1. The average molecular weight is 579 g/mol. The van der Waals surface area contributed by atoms with Gasteiger partial charge in [0.25, 0.3) is 5.69 Å². The van der Waals surface area contributed by atoms with Crippen LogP contribution in [0.4, 0.5) is 35.2 Å². The molecule has 4 rings (SSSR count). The van der Waals surface area contributed by atoms with Gasteiger partial charge in [-0.05, 0) is 64.7 Å². The van der Waals surface area contributed by atoms with E-state index in [-0.39, 0.29) is 23.7 Å². The van der Waals surface area contributed by atoms with Gasteiger partial charge in [0, 0.05) is 68.8 Å². The molecule has 0 unspecified atom stereocenters. The minimum absolute atomic E-state index is 0.0165. The van der Waals surface area contributed by atoms with Crippen LogP contribution >= 0.6 is 0 Å². The van der Waals surface area contributed by atoms with E-state index in [1.165, 1.54) is 6.07 Å². The van der Waals surface area contributed by atoms with Crippen molar-refractivity contribution in [2.75, 3.05) is 43.0 Å². The van der Waals surface area contributed by atoms with Crippen LogP contribution in [0.1, 0.15) is 52.0 Å². The molecular formula is C28H37F3N6O4. The number of benzene rings is 1. The second kappa shape index (κ2) is 12.0. The Morgan fingerprint density at radius 3 is 2.32 bits per heavy atom. The lowest BCUT2D eigenvalue weighted by atomic mass is 9.91. The molecule has 1 aliphatic heterocycles. The van der Waals surface area contributed by atoms with Crippen LogP contribution in [0.25, 0.3) is 0 Å². The first kappa shape index (κ1) is 30.2. The average Bonchev–Trinajstić information content (AvgIpc) is 2.91. The molecule has 2 heterocycles. The maximum Gasteiger partial charge on any atom is 0.423 e. The van der Waals surface area contributed by atoms with Gasteiger partial charge < -0.3 is 24.8 Å². The van der Waals surface area contributed by atoms with Gasteiger partial charge in [-0.2, -0.15) is 13.2 Å². The number of hydrogen-bond acceptors (Lipinski definition) is 7. The number of nitro benzene ring substituents is 1. The molecule has 13 heteroatoms. The molecule has 0 atom stereocenters. The fourth-order valence-corrected chi connectivity index (χ4v) is 5.27. The highest BCUT2D eigenvalue weighted by Gasteiger charge is 2.39. The molecule has 2 aromatic rings. The standard InChI is InChI=1S/C28H37F3N6O4/c1-27(2,3)33-26(38)36-15-13-35(14-16-36)25-18-22(11-12-32-25)41-21-8-5-19(6-9-21)34(4)20-7-10-24(37(39)40)23(17-20)28(29,30)31/h7,10-12,17-19,21H,5-6,8-9,13-16H2,1-4H3,(H,33,38)/t19-,21-. The first-order valence-corrected chi connectivity index (χ1v) is 13.7. The van der Waals surface area contributed by atoms with Crippen LogP contribution in [-0.2, 0) is 6.18 Å². The lowest BCUT2D eigenvalue weighted by Crippen LogP contribution is -2.55. The number of aromatic nitrogens is 1. The Morgan fingerprint density at radius 1 is 1.07 bits per heavy atom. The lowest BCUT2D eigenvalue weighted by molar-refractivity contribution is -0.388. The molecule has 2 amide bonds. The van der Waals surface area contributed by atoms with Gasteiger partial charge in [-0.15, -0.1) is 0 Å². The largest absolute Gasteiger partial charge is 0.490 e. The number of carbonyl (C=O) groups excluding carboxylic acids is 1. The molecule has 1 N–H and O–H groups in total. The number of nitrogens with one attached hydrogen (secondary N) is 1. The number of alkyl halides is 3. The van der Waals surface area contributed by atoms with Gasteiger partial charge in [-0.25, -0.2) is 9.78 Å². The van der Waals surface area contributed by atoms with E-state index in [4.69, 9.17) is 4.74 Å². The van der Waals surface area contributed by atoms with Crippen molar-refractivity contribution in [2.24, 2.45) is 0 Å². The number of halogens is 3. The predicted octanol–water partition coefficient (Wildman–Crippen LogP) is 5.47. The van der Waals surface area contributed by atoms with Crippen molar-refractivity contribution >= 4 is 23.2 Å². The minimum atomic E-state index is -4.82. The summed E-state index contributed by atoms with van der Waals surface area (Å²) >= 11 is 0. The normalized spacial score (nSPS) is 20.0. The van der Waals surface area contributed by atoms with E-state index in [1.807, 2.05) is 32.9 Å². The Hall–Kier alpha value is -3.77. The topological polar surface area (TPSA) is 104 Å². The van der Waals surface area contributed by atoms with E-state index < -0.39 is 22.4 Å². The Bertz CT molecular complexity index is 1240. The van der Waals surface area contributed by atoms with Crippen LogP contribution in [0, 0.1) is 10.1 Å². The van der Waals surface area contributed by atoms with Crippen LogP contribution < -0.4 is 19.9 Å². The number of urea groups is 1. The molecule has 1 aromatic carbocycles. The van der Waals surface area contributed by atoms with Crippen LogP contribution in [0.5, 0.6) is 5.75 Å². The van der Waals surface area contributed by atoms with E-state index in [9.17, 15) is 28.1 Å². The van der Waals surface area contributed by atoms with Gasteiger partial charge in [-0.3, -0.25) is 10.1 Å². The summed E-state index contributed by atoms with van der Waals surface area (Å²) < 4.78 is 46.6. The molecule has 0 radical (unpaired) electrons. The number of pyridine rings is 1. The SMILES string of the molecule is CN(c1ccc([N+](=O)[O-])c(C(F)(F)F)c1)[C@H]1CC[C@H](Oc2ccnc(N3CCN(C(=O)NC(C)(C)C)CC3)c2)CC1. The predicted molar refractivity (Wildman–Crippen MR) is 149 cm³/mol. The monoisotopic (exact) mass is 578 g/mol. The van der Waals surface area contributed by atoms with Crippen molar-refractivity contribution in [1.29, 1.82) is 0 Å². The van der Waals surface area contributed by atoms with Gasteiger partial charge >= 0.3 is 12.2 Å². The van der Waals surface area contributed by atoms with Crippen LogP contribution in [0.2, 0.25) is 0 Å². The third-order valence-corrected chi connectivity index (χ3v) is 7.47. The highest BCUT2D eigenvalue weighted by atomic mass is 19.4. The fraction of sp³-hybridized carbons (Fsp3) is 0.571. The van der Waals surface area contributed by atoms with Crippen molar-refractivity contribution in [2.45, 2.75) is 70.3 Å². The maximum absolute atomic E-state index is 13.4. The van der Waals surface area contributed by atoms with Crippen LogP contribution in [0.15, 0.2) is 36.5 Å². The number of piperazine rings is 1. The molecule has 2 fully saturated rings. The molecule has 1 saturated carbocycles. The van der Waals surface area contributed by atoms with Crippen molar-refractivity contribution in [1.82, 2.24) is 15.2 Å². The third-order valence-electron chi connectivity index (χ3n) is 7.47. The molecule has 0 spiro atoms. The Kier molecular flexibility index (Phi) is 8.83. The molecule has 1 aliphatic carbocycles. The van der Waals surface area contributed by atoms with Crippen LogP contribution in [-0.4, -0.2) is 71.7 Å². The maximum atomic E-state index is 13.4. The molecule has 2 aliphatic rings. The second-order valence-electron chi connectivity index (χ2n) is 11.6. The van der Waals surface area contributed by atoms with E-state index in [2.05, 4.69) is 15.2 Å². The first-order valence-electron chi connectivity index (χ1n) is 13.7. The highest BCUT2D eigenvalue weighted by Crippen LogP contribution is 2.39. The van der Waals surface area contributed by atoms with Crippen LogP contribution in [0.3, 0.4) is 0 Å². The van der Waals surface area contributed by atoms with Crippen molar-refractivity contribution < 1.29 is 27.6 Å². The third kappa shape index (κ3) is 7.70. The molecular weight excluding hydrogens is 541 g/mol. The van der Waals surface area contributed by atoms with Gasteiger partial charge in [0.2, 0.25) is 0 Å². The smallest absolute Gasteiger partial charge is 0.423 e. The first-order chi connectivity index (χ1) is 19.2. The molecule has 41 heavy (non-hydrogen) atoms. The molecule has 224 valence electrons. The summed E-state index contributed by atoms with van der Waals surface area (Å²) in [6.07, 6.45) is -0.319. The van der Waals surface area contributed by atoms with E-state index >= 15 is 0 Å². The molecule has 10 nitrogen and oxygen atoms in total. The second-order valence-corrected chi connectivity index (χ2v) is 11.6. The lowest BCUT2D eigenvalue weighted by Gasteiger charge is -2.37. The summed E-state index contributed by atoms with van der Waals surface area (Å²) in [5.41, 5.74) is -2.19. The number of amides is 2. The Morgan fingerprint density at radius 2 is 1.73 bits per heavy atom. The quantitative estimate of drug-likeness (QED) is 0.358. The number of anilines is 2.